The summed E-state index contributed by atoms with van der Waals surface area (Å²) in [5.74, 6) is 1.12. The topological polar surface area (TPSA) is 50.7 Å². The summed E-state index contributed by atoms with van der Waals surface area (Å²) in [6, 6.07) is 0. The molecule has 2 N–H and O–H groups in total. The van der Waals surface area contributed by atoms with Crippen molar-refractivity contribution < 1.29 is 0 Å². The van der Waals surface area contributed by atoms with Gasteiger partial charge < -0.3 is 5.73 Å². The summed E-state index contributed by atoms with van der Waals surface area (Å²) in [6.45, 7) is 2.95. The third-order valence-electron chi connectivity index (χ3n) is 1.94. The summed E-state index contributed by atoms with van der Waals surface area (Å²) < 4.78 is 0. The molecule has 0 fully saturated rings. The van der Waals surface area contributed by atoms with Gasteiger partial charge in [-0.15, -0.1) is 24.0 Å². The molecule has 0 aliphatic carbocycles. The van der Waals surface area contributed by atoms with E-state index in [1.807, 2.05) is 0 Å². The van der Waals surface area contributed by atoms with Crippen LogP contribution in [-0.2, 0) is 0 Å². The molecule has 2 aliphatic heterocycles. The fourth-order valence-corrected chi connectivity index (χ4v) is 3.08. The number of aliphatic imine (C=N–C) groups is 2. The molecule has 0 bridgehead atoms. The second-order valence-electron chi connectivity index (χ2n) is 2.65. The first-order chi connectivity index (χ1) is 5.83. The number of allylic oxidation sites excluding steroid dienone is 1. The van der Waals surface area contributed by atoms with E-state index in [-0.39, 0.29) is 34.5 Å². The van der Waals surface area contributed by atoms with Crippen LogP contribution in [0, 0.1) is 0 Å². The Morgan fingerprint density at radius 3 is 3.08 bits per heavy atom. The van der Waals surface area contributed by atoms with E-state index in [0.29, 0.717) is 0 Å². The molecule has 0 spiro atoms. The Bertz CT molecular complexity index is 341. The van der Waals surface area contributed by atoms with E-state index in [0.717, 1.165) is 23.7 Å². The van der Waals surface area contributed by atoms with E-state index in [1.165, 1.54) is 4.86 Å². The molecule has 1 atom stereocenters. The summed E-state index contributed by atoms with van der Waals surface area (Å²) in [6.07, 6.45) is 1.60. The van der Waals surface area contributed by atoms with E-state index in [9.17, 15) is 0 Å². The van der Waals surface area contributed by atoms with Gasteiger partial charge in [0.05, 0.1) is 18.0 Å². The molecule has 5 heteroatoms. The lowest BCUT2D eigenvalue weighted by atomic mass is 10.2. The van der Waals surface area contributed by atoms with Crippen LogP contribution in [-0.4, -0.2) is 29.2 Å². The summed E-state index contributed by atoms with van der Waals surface area (Å²) in [4.78, 5) is 9.61. The van der Waals surface area contributed by atoms with Crippen molar-refractivity contribution >= 4 is 51.4 Å². The molecule has 0 saturated heterocycles. The molecule has 72 valence electrons. The summed E-state index contributed by atoms with van der Waals surface area (Å²) in [5.41, 5.74) is 7.63. The summed E-state index contributed by atoms with van der Waals surface area (Å²) in [5, 5.41) is 2.11. The molecule has 0 aromatic carbocycles. The van der Waals surface area contributed by atoms with Gasteiger partial charge in [-0.3, -0.25) is 4.99 Å². The Morgan fingerprint density at radius 2 is 2.38 bits per heavy atom. The van der Waals surface area contributed by atoms with Gasteiger partial charge in [-0.25, -0.2) is 4.99 Å². The van der Waals surface area contributed by atoms with Gasteiger partial charge in [-0.2, -0.15) is 10.5 Å². The number of hydrogen-bond acceptors (Lipinski definition) is 3. The molecule has 13 heavy (non-hydrogen) atoms. The Hall–Kier alpha value is -0.170. The molecule has 0 radical (unpaired) electrons. The van der Waals surface area contributed by atoms with E-state index in [1.54, 1.807) is 6.34 Å². The Balaban J connectivity index is 0.000000845. The van der Waals surface area contributed by atoms with Gasteiger partial charge in [0.2, 0.25) is 0 Å². The van der Waals surface area contributed by atoms with Crippen LogP contribution in [0.25, 0.3) is 0 Å². The minimum absolute atomic E-state index is 0. The van der Waals surface area contributed by atoms with Crippen molar-refractivity contribution in [3.63, 3.8) is 0 Å². The first-order valence-corrected chi connectivity index (χ1v) is 5.38. The first kappa shape index (κ1) is 10.9. The molecule has 0 aromatic heterocycles. The van der Waals surface area contributed by atoms with E-state index in [4.69, 9.17) is 5.73 Å². The number of halogens is 1. The molecule has 3 nitrogen and oxygen atoms in total. The van der Waals surface area contributed by atoms with Crippen LogP contribution in [0.5, 0.6) is 0 Å². The minimum Gasteiger partial charge on any atom is -0.397 e. The Labute approximate surface area is 97.2 Å². The number of hydrogen-bond donors (Lipinski definition) is 1. The monoisotopic (exact) mass is 309 g/mol. The average molecular weight is 309 g/mol. The van der Waals surface area contributed by atoms with Crippen molar-refractivity contribution in [3.05, 3.63) is 11.1 Å². The van der Waals surface area contributed by atoms with Gasteiger partial charge in [-0.05, 0) is 11.2 Å². The molecule has 2 rings (SSSR count). The maximum Gasteiger partial charge on any atom is 0.111 e. The standard InChI is InChI=1S/C8H11N3S.HI/c1-2-12-4-6(9)8-7(12)3-10-5-11-8;/h4-5H,2-3,9H2,1H3;1H. The van der Waals surface area contributed by atoms with Crippen LogP contribution in [0.4, 0.5) is 0 Å². The van der Waals surface area contributed by atoms with Gasteiger partial charge in [0.25, 0.3) is 0 Å². The maximum absolute atomic E-state index is 5.81. The number of fused-ring (bicyclic) bond motifs is 1. The molecule has 0 amide bonds. The predicted molar refractivity (Wildman–Crippen MR) is 71.6 cm³/mol. The predicted octanol–water partition coefficient (Wildman–Crippen LogP) is 1.36. The summed E-state index contributed by atoms with van der Waals surface area (Å²) in [7, 11) is 0.204. The number of rotatable bonds is 1. The van der Waals surface area contributed by atoms with E-state index >= 15 is 0 Å². The lowest BCUT2D eigenvalue weighted by Gasteiger charge is -2.07. The molecule has 0 aromatic rings. The minimum atomic E-state index is 0. The van der Waals surface area contributed by atoms with Crippen LogP contribution in [0.1, 0.15) is 6.92 Å². The lowest BCUT2D eigenvalue weighted by molar-refractivity contribution is 1.31. The maximum atomic E-state index is 5.81. The molecular formula is C8H12IN3S. The van der Waals surface area contributed by atoms with Gasteiger partial charge in [0.1, 0.15) is 6.34 Å². The summed E-state index contributed by atoms with van der Waals surface area (Å²) >= 11 is 0. The van der Waals surface area contributed by atoms with Crippen molar-refractivity contribution in [1.29, 1.82) is 0 Å². The average Bonchev–Trinajstić information content (AvgIpc) is 2.44. The van der Waals surface area contributed by atoms with Gasteiger partial charge in [0.15, 0.2) is 0 Å². The zero-order valence-corrected chi connectivity index (χ0v) is 10.5. The highest BCUT2D eigenvalue weighted by molar-refractivity contribution is 14.0. The number of nitrogens with zero attached hydrogens (tertiary/aromatic N) is 2. The fraction of sp³-hybridized carbons (Fsp3) is 0.375. The normalized spacial score (nSPS) is 24.7. The third-order valence-corrected chi connectivity index (χ3v) is 4.05. The lowest BCUT2D eigenvalue weighted by Crippen LogP contribution is -2.22. The Morgan fingerprint density at radius 1 is 1.62 bits per heavy atom. The quantitative estimate of drug-likeness (QED) is 0.577. The number of nitrogens with two attached hydrogens (primary N) is 1. The molecule has 0 saturated carbocycles. The first-order valence-electron chi connectivity index (χ1n) is 3.92. The molecular weight excluding hydrogens is 297 g/mol. The highest BCUT2D eigenvalue weighted by Crippen LogP contribution is 2.27. The van der Waals surface area contributed by atoms with Crippen molar-refractivity contribution in [2.75, 3.05) is 12.3 Å². The van der Waals surface area contributed by atoms with Crippen LogP contribution < -0.4 is 5.73 Å². The van der Waals surface area contributed by atoms with E-state index < -0.39 is 0 Å². The van der Waals surface area contributed by atoms with E-state index in [2.05, 4.69) is 22.3 Å². The van der Waals surface area contributed by atoms with Crippen molar-refractivity contribution in [3.8, 4) is 0 Å². The molecule has 2 aliphatic rings. The zero-order chi connectivity index (χ0) is 8.55. The van der Waals surface area contributed by atoms with Gasteiger partial charge in [-0.1, -0.05) is 6.92 Å². The largest absolute Gasteiger partial charge is 0.397 e. The van der Waals surface area contributed by atoms with Crippen molar-refractivity contribution in [2.24, 2.45) is 15.7 Å². The van der Waals surface area contributed by atoms with Crippen molar-refractivity contribution in [2.45, 2.75) is 6.92 Å². The fourth-order valence-electron chi connectivity index (χ4n) is 1.35. The van der Waals surface area contributed by atoms with Gasteiger partial charge in [0, 0.05) is 4.86 Å². The molecule has 1 unspecified atom stereocenters. The van der Waals surface area contributed by atoms with Gasteiger partial charge >= 0.3 is 0 Å². The van der Waals surface area contributed by atoms with Crippen LogP contribution in [0.3, 0.4) is 0 Å². The zero-order valence-electron chi connectivity index (χ0n) is 7.36. The second kappa shape index (κ2) is 4.36. The third kappa shape index (κ3) is 1.85. The Kier molecular flexibility index (Phi) is 3.66. The highest BCUT2D eigenvalue weighted by Gasteiger charge is 2.20. The van der Waals surface area contributed by atoms with Crippen LogP contribution in [0.15, 0.2) is 21.1 Å². The molecule has 2 heterocycles. The second-order valence-corrected chi connectivity index (χ2v) is 4.81. The van der Waals surface area contributed by atoms with Crippen LogP contribution in [0.2, 0.25) is 0 Å². The van der Waals surface area contributed by atoms with Crippen LogP contribution >= 0.6 is 34.5 Å². The highest BCUT2D eigenvalue weighted by atomic mass is 127. The SMILES string of the molecule is CCS1=C2CN=CN=C2C(N)=C1.I. The van der Waals surface area contributed by atoms with Crippen molar-refractivity contribution in [1.82, 2.24) is 0 Å². The smallest absolute Gasteiger partial charge is 0.111 e.